The lowest BCUT2D eigenvalue weighted by Crippen LogP contribution is -2.36. The first-order valence-electron chi connectivity index (χ1n) is 9.70. The maximum Gasteiger partial charge on any atom is 0.434 e. The van der Waals surface area contributed by atoms with E-state index >= 15 is 0 Å². The van der Waals surface area contributed by atoms with E-state index in [0.717, 1.165) is 41.9 Å². The average Bonchev–Trinajstić information content (AvgIpc) is 3.18. The molecule has 0 aliphatic rings. The third-order valence-electron chi connectivity index (χ3n) is 4.41. The molecular weight excluding hydrogens is 526 g/mol. The van der Waals surface area contributed by atoms with Gasteiger partial charge in [0.1, 0.15) is 5.01 Å². The zero-order chi connectivity index (χ0) is 21.3. The first-order chi connectivity index (χ1) is 13.9. The van der Waals surface area contributed by atoms with Crippen LogP contribution >= 0.6 is 35.3 Å². The monoisotopic (exact) mass is 555 g/mol. The van der Waals surface area contributed by atoms with Crippen LogP contribution in [0.15, 0.2) is 34.6 Å². The number of alkyl halides is 3. The van der Waals surface area contributed by atoms with E-state index in [4.69, 9.17) is 0 Å². The summed E-state index contributed by atoms with van der Waals surface area (Å²) in [6.45, 7) is 10.4. The van der Waals surface area contributed by atoms with Crippen molar-refractivity contribution in [3.63, 3.8) is 0 Å². The van der Waals surface area contributed by atoms with Crippen LogP contribution in [0, 0.1) is 0 Å². The number of rotatable bonds is 9. The number of guanidine groups is 1. The van der Waals surface area contributed by atoms with Crippen molar-refractivity contribution in [1.29, 1.82) is 0 Å². The van der Waals surface area contributed by atoms with Crippen LogP contribution in [0.25, 0.3) is 0 Å². The number of nitrogens with zero attached hydrogens (tertiary/aromatic N) is 3. The molecule has 0 saturated heterocycles. The van der Waals surface area contributed by atoms with E-state index in [2.05, 4.69) is 51.5 Å². The summed E-state index contributed by atoms with van der Waals surface area (Å²) in [5.41, 5.74) is 1.50. The maximum absolute atomic E-state index is 12.7. The molecule has 1 heterocycles. The fourth-order valence-electron chi connectivity index (χ4n) is 2.74. The van der Waals surface area contributed by atoms with Gasteiger partial charge in [0.05, 0.1) is 13.1 Å². The first kappa shape index (κ1) is 26.6. The fourth-order valence-corrected chi connectivity index (χ4v) is 3.48. The van der Waals surface area contributed by atoms with Gasteiger partial charge >= 0.3 is 6.18 Å². The predicted octanol–water partition coefficient (Wildman–Crippen LogP) is 4.88. The van der Waals surface area contributed by atoms with Crippen LogP contribution in [0.5, 0.6) is 0 Å². The van der Waals surface area contributed by atoms with Crippen molar-refractivity contribution in [3.8, 4) is 0 Å². The van der Waals surface area contributed by atoms with Gasteiger partial charge < -0.3 is 10.6 Å². The largest absolute Gasteiger partial charge is 0.434 e. The molecule has 1 aromatic heterocycles. The highest BCUT2D eigenvalue weighted by Crippen LogP contribution is 2.29. The van der Waals surface area contributed by atoms with Gasteiger partial charge in [-0.05, 0) is 31.1 Å². The Morgan fingerprint density at radius 3 is 2.33 bits per heavy atom. The molecule has 168 valence electrons. The second-order valence-electron chi connectivity index (χ2n) is 6.40. The molecule has 0 atom stereocenters. The number of halogens is 4. The smallest absolute Gasteiger partial charge is 0.357 e. The summed E-state index contributed by atoms with van der Waals surface area (Å²) < 4.78 is 38.1. The van der Waals surface area contributed by atoms with Crippen LogP contribution in [0.1, 0.15) is 42.6 Å². The molecule has 0 aliphatic carbocycles. The van der Waals surface area contributed by atoms with Crippen LogP contribution in [0.4, 0.5) is 13.2 Å². The number of hydrogen-bond donors (Lipinski definition) is 2. The number of aliphatic imine (C=N–C) groups is 1. The first-order valence-corrected chi connectivity index (χ1v) is 10.6. The second-order valence-corrected chi connectivity index (χ2v) is 7.35. The lowest BCUT2D eigenvalue weighted by atomic mass is 10.1. The Morgan fingerprint density at radius 2 is 1.77 bits per heavy atom. The lowest BCUT2D eigenvalue weighted by molar-refractivity contribution is -0.140. The summed E-state index contributed by atoms with van der Waals surface area (Å²) in [5, 5.41) is 7.59. The molecule has 0 spiro atoms. The maximum atomic E-state index is 12.7. The number of thiazole rings is 1. The fraction of sp³-hybridized carbons (Fsp3) is 0.500. The van der Waals surface area contributed by atoms with Crippen molar-refractivity contribution in [2.75, 3.05) is 19.6 Å². The second kappa shape index (κ2) is 13.1. The summed E-state index contributed by atoms with van der Waals surface area (Å²) in [5.74, 6) is 0.550. The molecule has 0 radical (unpaired) electrons. The van der Waals surface area contributed by atoms with E-state index in [1.165, 1.54) is 5.56 Å². The van der Waals surface area contributed by atoms with Gasteiger partial charge in [0.25, 0.3) is 0 Å². The van der Waals surface area contributed by atoms with Crippen LogP contribution in [0.2, 0.25) is 0 Å². The summed E-state index contributed by atoms with van der Waals surface area (Å²) in [6.07, 6.45) is -4.41. The third kappa shape index (κ3) is 8.38. The third-order valence-corrected chi connectivity index (χ3v) is 5.26. The molecule has 2 rings (SSSR count). The van der Waals surface area contributed by atoms with E-state index in [-0.39, 0.29) is 30.5 Å². The lowest BCUT2D eigenvalue weighted by Gasteiger charge is -2.20. The van der Waals surface area contributed by atoms with E-state index in [0.29, 0.717) is 24.1 Å². The van der Waals surface area contributed by atoms with Crippen molar-refractivity contribution < 1.29 is 13.2 Å². The Labute approximate surface area is 197 Å². The van der Waals surface area contributed by atoms with Gasteiger partial charge in [-0.15, -0.1) is 35.3 Å². The van der Waals surface area contributed by atoms with Crippen molar-refractivity contribution >= 4 is 41.3 Å². The molecule has 0 bridgehead atoms. The van der Waals surface area contributed by atoms with E-state index in [9.17, 15) is 13.2 Å². The molecule has 0 fully saturated rings. The summed E-state index contributed by atoms with van der Waals surface area (Å²) in [6, 6.07) is 8.18. The number of nitrogens with one attached hydrogen (secondary N) is 2. The molecule has 30 heavy (non-hydrogen) atoms. The number of aromatic nitrogens is 1. The minimum Gasteiger partial charge on any atom is -0.357 e. The van der Waals surface area contributed by atoms with E-state index in [1.54, 1.807) is 0 Å². The Kier molecular flexibility index (Phi) is 11.6. The highest BCUT2D eigenvalue weighted by atomic mass is 127. The Bertz CT molecular complexity index is 791. The minimum absolute atomic E-state index is 0. The topological polar surface area (TPSA) is 52.6 Å². The Balaban J connectivity index is 0.00000450. The van der Waals surface area contributed by atoms with Gasteiger partial charge in [0.15, 0.2) is 11.7 Å². The zero-order valence-corrected chi connectivity index (χ0v) is 20.6. The van der Waals surface area contributed by atoms with Gasteiger partial charge in [0.2, 0.25) is 0 Å². The normalized spacial score (nSPS) is 12.0. The molecule has 10 heteroatoms. The van der Waals surface area contributed by atoms with Crippen LogP contribution in [-0.4, -0.2) is 35.5 Å². The van der Waals surface area contributed by atoms with Crippen molar-refractivity contribution in [1.82, 2.24) is 20.5 Å². The Morgan fingerprint density at radius 1 is 1.10 bits per heavy atom. The quantitative estimate of drug-likeness (QED) is 0.263. The standard InChI is InChI=1S/C20H28F3N5S.HI/c1-4-24-19(26-12-18-27-17(14-29-18)20(21,22)23)25-11-15-9-7-8-10-16(15)13-28(5-2)6-3;/h7-10,14H,4-6,11-13H2,1-3H3,(H2,24,25,26);1H. The van der Waals surface area contributed by atoms with Gasteiger partial charge in [-0.25, -0.2) is 9.98 Å². The molecule has 0 aliphatic heterocycles. The molecular formula is C20H29F3IN5S. The molecule has 2 N–H and O–H groups in total. The van der Waals surface area contributed by atoms with Crippen LogP contribution < -0.4 is 10.6 Å². The van der Waals surface area contributed by atoms with Gasteiger partial charge in [-0.3, -0.25) is 4.90 Å². The average molecular weight is 555 g/mol. The predicted molar refractivity (Wildman–Crippen MR) is 127 cm³/mol. The van der Waals surface area contributed by atoms with Crippen molar-refractivity contribution in [2.45, 2.75) is 46.6 Å². The van der Waals surface area contributed by atoms with Gasteiger partial charge in [-0.1, -0.05) is 38.1 Å². The molecule has 0 saturated carbocycles. The van der Waals surface area contributed by atoms with Crippen LogP contribution in [0.3, 0.4) is 0 Å². The highest BCUT2D eigenvalue weighted by Gasteiger charge is 2.33. The summed E-state index contributed by atoms with van der Waals surface area (Å²) >= 11 is 0.983. The summed E-state index contributed by atoms with van der Waals surface area (Å²) in [4.78, 5) is 10.6. The molecule has 2 aromatic rings. The summed E-state index contributed by atoms with van der Waals surface area (Å²) in [7, 11) is 0. The van der Waals surface area contributed by atoms with Crippen LogP contribution in [-0.2, 0) is 25.8 Å². The SMILES string of the molecule is CCNC(=NCc1ccccc1CN(CC)CC)NCc1nc(C(F)(F)F)cs1.I. The van der Waals surface area contributed by atoms with Gasteiger partial charge in [-0.2, -0.15) is 13.2 Å². The minimum atomic E-state index is -4.41. The molecule has 0 amide bonds. The molecule has 1 aromatic carbocycles. The number of benzene rings is 1. The zero-order valence-electron chi connectivity index (χ0n) is 17.4. The van der Waals surface area contributed by atoms with Gasteiger partial charge in [0, 0.05) is 18.5 Å². The molecule has 0 unspecified atom stereocenters. The van der Waals surface area contributed by atoms with Crippen molar-refractivity contribution in [2.24, 2.45) is 4.99 Å². The number of hydrogen-bond acceptors (Lipinski definition) is 4. The van der Waals surface area contributed by atoms with E-state index < -0.39 is 11.9 Å². The van der Waals surface area contributed by atoms with Crippen molar-refractivity contribution in [3.05, 3.63) is 51.5 Å². The Hall–Kier alpha value is -1.40. The highest BCUT2D eigenvalue weighted by molar-refractivity contribution is 14.0. The molecule has 5 nitrogen and oxygen atoms in total. The van der Waals surface area contributed by atoms with E-state index in [1.807, 2.05) is 19.1 Å².